The number of halogens is 1. The van der Waals surface area contributed by atoms with Crippen LogP contribution in [0, 0.1) is 25.2 Å². The number of nitriles is 1. The highest BCUT2D eigenvalue weighted by Gasteiger charge is 2.14. The average molecular weight is 381 g/mol. The highest BCUT2D eigenvalue weighted by molar-refractivity contribution is 6.30. The summed E-state index contributed by atoms with van der Waals surface area (Å²) >= 11 is 6.04. The van der Waals surface area contributed by atoms with Gasteiger partial charge < -0.3 is 10.1 Å². The Morgan fingerprint density at radius 2 is 2.04 bits per heavy atom. The summed E-state index contributed by atoms with van der Waals surface area (Å²) in [5.41, 5.74) is 5.73. The zero-order chi connectivity index (χ0) is 19.4. The standard InChI is InChI=1S/C21H21ClN4O/c1-13-14(2)20(27-3)8-7-16(13)12-24-21-18(11-23)19(25-26-21)10-15-5-4-6-17(22)9-15/h4-9H,10,12H2,1-3H3,(H2,24,25,26). The van der Waals surface area contributed by atoms with Crippen molar-refractivity contribution in [3.63, 3.8) is 0 Å². The minimum atomic E-state index is 0.526. The van der Waals surface area contributed by atoms with Crippen molar-refractivity contribution in [2.45, 2.75) is 26.8 Å². The maximum absolute atomic E-state index is 9.59. The molecule has 0 saturated heterocycles. The lowest BCUT2D eigenvalue weighted by atomic mass is 10.0. The number of rotatable bonds is 6. The van der Waals surface area contributed by atoms with Crippen molar-refractivity contribution >= 4 is 17.4 Å². The number of H-pyrrole nitrogens is 1. The maximum atomic E-state index is 9.59. The van der Waals surface area contributed by atoms with E-state index in [0.717, 1.165) is 33.7 Å². The zero-order valence-corrected chi connectivity index (χ0v) is 16.3. The molecule has 0 radical (unpaired) electrons. The molecule has 0 saturated carbocycles. The summed E-state index contributed by atoms with van der Waals surface area (Å²) in [5, 5.41) is 20.8. The molecule has 0 fully saturated rings. The summed E-state index contributed by atoms with van der Waals surface area (Å²) in [4.78, 5) is 0. The van der Waals surface area contributed by atoms with Gasteiger partial charge in [0, 0.05) is 18.0 Å². The number of aromatic nitrogens is 2. The minimum Gasteiger partial charge on any atom is -0.496 e. The van der Waals surface area contributed by atoms with E-state index in [2.05, 4.69) is 28.5 Å². The second kappa shape index (κ2) is 8.15. The van der Waals surface area contributed by atoms with Crippen molar-refractivity contribution in [1.29, 1.82) is 5.26 Å². The number of nitrogens with zero attached hydrogens (tertiary/aromatic N) is 2. The molecule has 2 N–H and O–H groups in total. The van der Waals surface area contributed by atoms with Gasteiger partial charge >= 0.3 is 0 Å². The van der Waals surface area contributed by atoms with Crippen molar-refractivity contribution in [2.75, 3.05) is 12.4 Å². The number of methoxy groups -OCH3 is 1. The monoisotopic (exact) mass is 380 g/mol. The third kappa shape index (κ3) is 4.07. The Morgan fingerprint density at radius 1 is 1.22 bits per heavy atom. The lowest BCUT2D eigenvalue weighted by Gasteiger charge is -2.13. The van der Waals surface area contributed by atoms with Crippen molar-refractivity contribution in [3.05, 3.63) is 74.9 Å². The largest absolute Gasteiger partial charge is 0.496 e. The molecule has 0 unspecified atom stereocenters. The van der Waals surface area contributed by atoms with E-state index >= 15 is 0 Å². The normalized spacial score (nSPS) is 10.5. The van der Waals surface area contributed by atoms with Crippen LogP contribution in [0.25, 0.3) is 0 Å². The Hall–Kier alpha value is -2.97. The Bertz CT molecular complexity index is 1000. The van der Waals surface area contributed by atoms with Crippen LogP contribution in [0.2, 0.25) is 5.02 Å². The van der Waals surface area contributed by atoms with E-state index in [0.29, 0.717) is 29.4 Å². The van der Waals surface area contributed by atoms with E-state index in [1.54, 1.807) is 7.11 Å². The van der Waals surface area contributed by atoms with Crippen molar-refractivity contribution in [2.24, 2.45) is 0 Å². The van der Waals surface area contributed by atoms with Crippen LogP contribution in [0.5, 0.6) is 5.75 Å². The first-order valence-electron chi connectivity index (χ1n) is 8.62. The van der Waals surface area contributed by atoms with Crippen LogP contribution in [-0.2, 0) is 13.0 Å². The molecule has 1 aromatic heterocycles. The van der Waals surface area contributed by atoms with E-state index < -0.39 is 0 Å². The highest BCUT2D eigenvalue weighted by atomic mass is 35.5. The third-order valence-corrected chi connectivity index (χ3v) is 4.97. The summed E-state index contributed by atoms with van der Waals surface area (Å²) in [7, 11) is 1.67. The van der Waals surface area contributed by atoms with Gasteiger partial charge in [0.15, 0.2) is 5.82 Å². The van der Waals surface area contributed by atoms with E-state index in [-0.39, 0.29) is 0 Å². The molecule has 2 aromatic carbocycles. The first-order chi connectivity index (χ1) is 13.0. The molecule has 0 bridgehead atoms. The van der Waals surface area contributed by atoms with Gasteiger partial charge in [-0.1, -0.05) is 29.8 Å². The topological polar surface area (TPSA) is 73.7 Å². The lowest BCUT2D eigenvalue weighted by Crippen LogP contribution is -2.05. The van der Waals surface area contributed by atoms with E-state index in [9.17, 15) is 5.26 Å². The van der Waals surface area contributed by atoms with Crippen LogP contribution in [0.3, 0.4) is 0 Å². The van der Waals surface area contributed by atoms with Crippen LogP contribution in [-0.4, -0.2) is 17.3 Å². The van der Waals surface area contributed by atoms with Gasteiger partial charge in [0.25, 0.3) is 0 Å². The number of ether oxygens (including phenoxy) is 1. The molecule has 0 aliphatic rings. The van der Waals surface area contributed by atoms with Crippen molar-refractivity contribution < 1.29 is 4.74 Å². The first kappa shape index (κ1) is 18.8. The molecule has 6 heteroatoms. The number of aromatic amines is 1. The van der Waals surface area contributed by atoms with Gasteiger partial charge in [-0.3, -0.25) is 5.10 Å². The molecule has 138 valence electrons. The number of anilines is 1. The van der Waals surface area contributed by atoms with Crippen LogP contribution in [0.1, 0.15) is 33.5 Å². The van der Waals surface area contributed by atoms with Gasteiger partial charge in [-0.2, -0.15) is 10.4 Å². The van der Waals surface area contributed by atoms with Gasteiger partial charge in [0.2, 0.25) is 0 Å². The maximum Gasteiger partial charge on any atom is 0.166 e. The zero-order valence-electron chi connectivity index (χ0n) is 15.6. The highest BCUT2D eigenvalue weighted by Crippen LogP contribution is 2.25. The van der Waals surface area contributed by atoms with Gasteiger partial charge in [-0.15, -0.1) is 0 Å². The molecule has 0 aliphatic carbocycles. The fraction of sp³-hybridized carbons (Fsp3) is 0.238. The average Bonchev–Trinajstić information content (AvgIpc) is 3.04. The van der Waals surface area contributed by atoms with Crippen molar-refractivity contribution in [3.8, 4) is 11.8 Å². The Labute approximate surface area is 163 Å². The smallest absolute Gasteiger partial charge is 0.166 e. The van der Waals surface area contributed by atoms with Crippen molar-refractivity contribution in [1.82, 2.24) is 10.2 Å². The molecule has 3 rings (SSSR count). The number of hydrogen-bond acceptors (Lipinski definition) is 4. The Kier molecular flexibility index (Phi) is 5.68. The van der Waals surface area contributed by atoms with E-state index in [4.69, 9.17) is 16.3 Å². The van der Waals surface area contributed by atoms with Gasteiger partial charge in [0.05, 0.1) is 12.8 Å². The molecule has 1 heterocycles. The van der Waals surface area contributed by atoms with Crippen LogP contribution >= 0.6 is 11.6 Å². The van der Waals surface area contributed by atoms with Crippen LogP contribution in [0.15, 0.2) is 36.4 Å². The molecular formula is C21H21ClN4O. The second-order valence-corrected chi connectivity index (χ2v) is 6.81. The molecule has 0 spiro atoms. The van der Waals surface area contributed by atoms with E-state index in [1.165, 1.54) is 0 Å². The van der Waals surface area contributed by atoms with Crippen LogP contribution < -0.4 is 10.1 Å². The molecule has 27 heavy (non-hydrogen) atoms. The van der Waals surface area contributed by atoms with Gasteiger partial charge in [0.1, 0.15) is 17.4 Å². The van der Waals surface area contributed by atoms with E-state index in [1.807, 2.05) is 43.3 Å². The number of benzene rings is 2. The minimum absolute atomic E-state index is 0.526. The summed E-state index contributed by atoms with van der Waals surface area (Å²) in [5.74, 6) is 1.43. The summed E-state index contributed by atoms with van der Waals surface area (Å²) in [6.07, 6.45) is 0.568. The predicted octanol–water partition coefficient (Wildman–Crippen LogP) is 4.76. The summed E-state index contributed by atoms with van der Waals surface area (Å²) in [6.45, 7) is 4.68. The SMILES string of the molecule is COc1ccc(CNc2n[nH]c(Cc3cccc(Cl)c3)c2C#N)c(C)c1C. The Morgan fingerprint density at radius 3 is 2.74 bits per heavy atom. The predicted molar refractivity (Wildman–Crippen MR) is 107 cm³/mol. The quantitative estimate of drug-likeness (QED) is 0.646. The number of nitrogens with one attached hydrogen (secondary N) is 2. The summed E-state index contributed by atoms with van der Waals surface area (Å²) < 4.78 is 5.36. The summed E-state index contributed by atoms with van der Waals surface area (Å²) in [6, 6.07) is 13.8. The Balaban J connectivity index is 1.78. The van der Waals surface area contributed by atoms with Gasteiger partial charge in [-0.05, 0) is 54.3 Å². The van der Waals surface area contributed by atoms with Crippen LogP contribution in [0.4, 0.5) is 5.82 Å². The molecule has 0 amide bonds. The molecule has 0 aliphatic heterocycles. The lowest BCUT2D eigenvalue weighted by molar-refractivity contribution is 0.411. The molecule has 5 nitrogen and oxygen atoms in total. The van der Waals surface area contributed by atoms with Gasteiger partial charge in [-0.25, -0.2) is 0 Å². The number of hydrogen-bond donors (Lipinski definition) is 2. The molecular weight excluding hydrogens is 360 g/mol. The first-order valence-corrected chi connectivity index (χ1v) is 9.00. The second-order valence-electron chi connectivity index (χ2n) is 6.37. The molecule has 3 aromatic rings. The molecule has 0 atom stereocenters. The fourth-order valence-corrected chi connectivity index (χ4v) is 3.26. The fourth-order valence-electron chi connectivity index (χ4n) is 3.05. The third-order valence-electron chi connectivity index (χ3n) is 4.74.